The molecule has 0 saturated carbocycles. The quantitative estimate of drug-likeness (QED) is 0.0131. The number of para-hydroxylation sites is 1. The third kappa shape index (κ3) is 31.5. The summed E-state index contributed by atoms with van der Waals surface area (Å²) in [4.78, 5) is 249. The van der Waals surface area contributed by atoms with Gasteiger partial charge < -0.3 is 113 Å². The van der Waals surface area contributed by atoms with Crippen molar-refractivity contribution in [2.75, 3.05) is 13.7 Å². The molecule has 5 rings (SSSR count). The average Bonchev–Trinajstić information content (AvgIpc) is 1.63. The number of carbonyl (C=O) groups is 18. The fraction of sp³-hybridized carbons (Fsp3) is 0.468. The van der Waals surface area contributed by atoms with Crippen molar-refractivity contribution in [3.05, 3.63) is 114 Å². The molecule has 120 heavy (non-hydrogen) atoms. The van der Waals surface area contributed by atoms with E-state index in [1.807, 2.05) is 6.07 Å². The number of aliphatic hydroxyl groups is 1. The van der Waals surface area contributed by atoms with Gasteiger partial charge in [0.05, 0.1) is 32.5 Å². The number of primary amides is 5. The van der Waals surface area contributed by atoms with Gasteiger partial charge in [-0.15, -0.1) is 0 Å². The highest BCUT2D eigenvalue weighted by molar-refractivity contribution is 7.82. The Balaban J connectivity index is 1.52. The van der Waals surface area contributed by atoms with Crippen molar-refractivity contribution in [2.45, 2.75) is 221 Å². The fourth-order valence-corrected chi connectivity index (χ4v) is 12.8. The van der Waals surface area contributed by atoms with Gasteiger partial charge in [-0.25, -0.2) is 0 Å². The van der Waals surface area contributed by atoms with Gasteiger partial charge in [0.15, 0.2) is 0 Å². The van der Waals surface area contributed by atoms with Crippen molar-refractivity contribution < 1.29 is 96.1 Å². The first-order valence-electron chi connectivity index (χ1n) is 38.2. The normalized spacial score (nSPS) is 14.5. The molecule has 0 aliphatic heterocycles. The number of thiol groups is 2. The lowest BCUT2D eigenvalue weighted by molar-refractivity contribution is -0.138. The monoisotopic (exact) mass is 1710 g/mol. The van der Waals surface area contributed by atoms with E-state index in [9.17, 15) is 67.4 Å². The van der Waals surface area contributed by atoms with E-state index in [2.05, 4.69) is 86.7 Å². The molecule has 1 aromatic heterocycles. The lowest BCUT2D eigenvalue weighted by Crippen LogP contribution is -2.64. The molecule has 0 aliphatic rings. The lowest BCUT2D eigenvalue weighted by Gasteiger charge is -2.33. The van der Waals surface area contributed by atoms with Crippen molar-refractivity contribution in [1.29, 1.82) is 0 Å². The van der Waals surface area contributed by atoms with Crippen LogP contribution >= 0.6 is 25.3 Å². The van der Waals surface area contributed by atoms with Crippen molar-refractivity contribution >= 4 is 153 Å². The maximum Gasteiger partial charge on any atom is 0.245 e. The van der Waals surface area contributed by atoms with Gasteiger partial charge in [-0.3, -0.25) is 86.3 Å². The summed E-state index contributed by atoms with van der Waals surface area (Å²) < 4.78 is 2.51. The van der Waals surface area contributed by atoms with Crippen LogP contribution in [0.1, 0.15) is 130 Å². The van der Waals surface area contributed by atoms with Gasteiger partial charge in [0, 0.05) is 72.7 Å². The Hall–Kier alpha value is -12.4. The summed E-state index contributed by atoms with van der Waals surface area (Å²) in [5.74, 6) is -18.2. The highest BCUT2D eigenvalue weighted by atomic mass is 32.1. The number of hydrogen-bond acceptors (Lipinski definition) is 22. The number of nitrogens with two attached hydrogens (primary N) is 5. The minimum Gasteiger partial charge on any atom is -0.497 e. The largest absolute Gasteiger partial charge is 0.497 e. The molecule has 0 unspecified atom stereocenters. The van der Waals surface area contributed by atoms with E-state index in [1.165, 1.54) is 61.8 Å². The molecule has 652 valence electrons. The number of fused-ring (bicyclic) bond motifs is 2. The summed E-state index contributed by atoms with van der Waals surface area (Å²) in [6.45, 7) is 11.9. The van der Waals surface area contributed by atoms with Crippen LogP contribution in [0, 0.1) is 0 Å². The number of aromatic nitrogens is 1. The van der Waals surface area contributed by atoms with Crippen molar-refractivity contribution in [1.82, 2.24) is 74.1 Å². The number of unbranched alkanes of at least 4 members (excludes halogenated alkanes) is 1. The van der Waals surface area contributed by atoms with Crippen LogP contribution in [0.5, 0.6) is 5.75 Å². The standard InChI is InChI=1S/C79H109N19O20S2/c1-39(99)62(96-71(112)57(37-61(83)105)94-74(115)63(78(6,7)119)87-41(3)101)73(114)92-55(34-46-38-86-49-20-14-13-19-48(46)49)69(110)88-51(28-29-58(80)102)67(108)97-64(79(8,9)120)75(116)93-53(32-42-23-26-47(118-10)27-24-42)68(109)90-54(33-43-22-25-44-17-11-12-18-45(44)31-43)72(113)98-77(4,5)76(117)95-50(21-15-16-30-85-40(2)100)66(107)91-56(36-60(82)104)70(111)89-52(65(84)106)35-59(81)103/h11-14,17-20,22-27,31,38-39,50-57,62-64,86,99,119-120H,15-16,21,28-30,32-37H2,1-10H3,(H2,80,102)(H2,81,103)(H2,82,104)(H2,83,105)(H2,84,106)(H,85,100)(H,87,101)(H,88,110)(H,89,111)(H,90,109)(H,91,107)(H,92,114)(H,93,116)(H,94,115)(H,95,117)(H,96,112)(H,97,108)(H,98,113)/t39-,50+,51+,52+,53+,54+,55+,56+,57+,62+,63-,64-/m1/s1. The lowest BCUT2D eigenvalue weighted by atomic mass is 9.97. The summed E-state index contributed by atoms with van der Waals surface area (Å²) in [6.07, 6.45) is -4.75. The molecule has 0 fully saturated rings. The fourth-order valence-electron chi connectivity index (χ4n) is 12.4. The molecule has 4 aromatic carbocycles. The first kappa shape index (κ1) is 98.2. The smallest absolute Gasteiger partial charge is 0.245 e. The van der Waals surface area contributed by atoms with Gasteiger partial charge >= 0.3 is 0 Å². The molecule has 0 aliphatic carbocycles. The molecule has 39 nitrogen and oxygen atoms in total. The highest BCUT2D eigenvalue weighted by Crippen LogP contribution is 2.25. The van der Waals surface area contributed by atoms with Crippen LogP contribution in [0.15, 0.2) is 97.2 Å². The molecular weight excluding hydrogens is 1600 g/mol. The molecule has 0 bridgehead atoms. The minimum atomic E-state index is -2.03. The highest BCUT2D eigenvalue weighted by Gasteiger charge is 2.43. The van der Waals surface area contributed by atoms with Crippen molar-refractivity contribution in [3.8, 4) is 5.75 Å². The van der Waals surface area contributed by atoms with Gasteiger partial charge in [0.25, 0.3) is 0 Å². The number of rotatable bonds is 48. The number of aromatic amines is 1. The van der Waals surface area contributed by atoms with Crippen LogP contribution in [-0.4, -0.2) is 218 Å². The second-order valence-electron chi connectivity index (χ2n) is 30.6. The van der Waals surface area contributed by atoms with E-state index in [0.717, 1.165) is 24.6 Å². The van der Waals surface area contributed by atoms with Crippen LogP contribution < -0.4 is 103 Å². The number of aliphatic hydroxyl groups excluding tert-OH is 1. The molecule has 12 atom stereocenters. The Morgan fingerprint density at radius 1 is 0.450 bits per heavy atom. The molecule has 0 radical (unpaired) electrons. The van der Waals surface area contributed by atoms with E-state index in [0.29, 0.717) is 33.3 Å². The predicted octanol–water partition coefficient (Wildman–Crippen LogP) is -3.91. The Morgan fingerprint density at radius 3 is 1.45 bits per heavy atom. The van der Waals surface area contributed by atoms with Crippen LogP contribution in [0.2, 0.25) is 0 Å². The molecule has 1 heterocycles. The molecule has 5 aromatic rings. The van der Waals surface area contributed by atoms with E-state index in [-0.39, 0.29) is 51.0 Å². The zero-order valence-corrected chi connectivity index (χ0v) is 69.9. The van der Waals surface area contributed by atoms with E-state index >= 15 is 24.0 Å². The summed E-state index contributed by atoms with van der Waals surface area (Å²) in [5, 5.41) is 45.6. The topological polar surface area (TPSA) is 639 Å². The first-order valence-corrected chi connectivity index (χ1v) is 39.1. The number of H-pyrrole nitrogens is 1. The van der Waals surface area contributed by atoms with Crippen molar-refractivity contribution in [3.63, 3.8) is 0 Å². The maximum absolute atomic E-state index is 15.4. The van der Waals surface area contributed by atoms with Crippen LogP contribution in [0.4, 0.5) is 0 Å². The SMILES string of the molecule is COc1ccc(C[C@H](NC(=O)[C@@H](NC(=O)[C@H](CCC(N)=O)NC(=O)[C@H](Cc2c[nH]c3ccccc23)NC(=O)[C@@H](NC(=O)[C@H](CC(N)=O)NC(=O)[C@@H](NC(C)=O)C(C)(C)S)[C@@H](C)O)C(C)(C)S)C(=O)N[C@@H](Cc2ccc3ccccc3c2)C(=O)NC(C)(C)C(=O)N[C@@H](CCCCNC(C)=O)C(=O)N[C@@H](CC(N)=O)C(=O)N[C@@H](CC(N)=O)C(N)=O)cc1. The number of ether oxygens (including phenoxy) is 1. The van der Waals surface area contributed by atoms with Gasteiger partial charge in [0.1, 0.15) is 77.7 Å². The summed E-state index contributed by atoms with van der Waals surface area (Å²) in [7, 11) is 1.41. The zero-order chi connectivity index (χ0) is 89.8. The molecule has 18 amide bonds. The van der Waals surface area contributed by atoms with E-state index in [4.69, 9.17) is 46.0 Å². The summed E-state index contributed by atoms with van der Waals surface area (Å²) >= 11 is 9.12. The third-order valence-corrected chi connectivity index (χ3v) is 19.4. The minimum absolute atomic E-state index is 0.124. The maximum atomic E-state index is 15.4. The summed E-state index contributed by atoms with van der Waals surface area (Å²) in [5.41, 5.74) is 27.0. The predicted molar refractivity (Wildman–Crippen MR) is 445 cm³/mol. The number of carbonyl (C=O) groups excluding carboxylic acids is 18. The van der Waals surface area contributed by atoms with Crippen LogP contribution in [0.3, 0.4) is 0 Å². The van der Waals surface area contributed by atoms with Gasteiger partial charge in [-0.05, 0) is 120 Å². The number of nitrogens with one attached hydrogen (secondary N) is 14. The molecule has 25 N–H and O–H groups in total. The molecule has 0 spiro atoms. The van der Waals surface area contributed by atoms with E-state index < -0.39 is 220 Å². The first-order chi connectivity index (χ1) is 56.1. The Morgan fingerprint density at radius 2 is 0.900 bits per heavy atom. The Bertz CT molecular complexity index is 4600. The molecule has 41 heteroatoms. The Labute approximate surface area is 702 Å². The second kappa shape index (κ2) is 45.0. The molecular formula is C79H109N19O20S2. The second-order valence-corrected chi connectivity index (χ2v) is 32.9. The van der Waals surface area contributed by atoms with Gasteiger partial charge in [0.2, 0.25) is 106 Å². The summed E-state index contributed by atoms with van der Waals surface area (Å²) in [6, 6.07) is 6.52. The number of methoxy groups -OCH3 is 1. The number of hydrogen-bond donors (Lipinski definition) is 22. The van der Waals surface area contributed by atoms with Gasteiger partial charge in [-0.1, -0.05) is 72.8 Å². The van der Waals surface area contributed by atoms with Crippen LogP contribution in [-0.2, 0) is 106 Å². The third-order valence-electron chi connectivity index (χ3n) is 18.9. The van der Waals surface area contributed by atoms with E-state index in [1.54, 1.807) is 84.9 Å². The average molecular weight is 1710 g/mol. The van der Waals surface area contributed by atoms with Gasteiger partial charge in [-0.2, -0.15) is 25.3 Å². The zero-order valence-electron chi connectivity index (χ0n) is 68.1. The van der Waals surface area contributed by atoms with Crippen molar-refractivity contribution in [2.24, 2.45) is 28.7 Å². The number of amides is 18. The molecule has 0 saturated heterocycles. The number of benzene rings is 4. The van der Waals surface area contributed by atoms with Crippen LogP contribution in [0.25, 0.3) is 21.7 Å². The Kier molecular flexibility index (Phi) is 36.8.